The molecule has 0 bridgehead atoms. The summed E-state index contributed by atoms with van der Waals surface area (Å²) in [4.78, 5) is 0. The van der Waals surface area contributed by atoms with Gasteiger partial charge in [-0.15, -0.1) is 0 Å². The Morgan fingerprint density at radius 1 is 1.12 bits per heavy atom. The molecule has 0 amide bonds. The molecule has 94 valence electrons. The van der Waals surface area contributed by atoms with E-state index in [9.17, 15) is 10.2 Å². The standard InChI is InChI=1S/C13H25NO2/c14-13(16,11-7-8-11)12(15)9-6-10-4-2-1-3-5-10/h10-12,15-16H,1-9,14H2/t12-,13+/m1/s1. The highest BCUT2D eigenvalue weighted by Gasteiger charge is 2.45. The predicted octanol–water partition coefficient (Wildman–Crippen LogP) is 1.77. The molecule has 2 atom stereocenters. The van der Waals surface area contributed by atoms with Crippen molar-refractivity contribution in [2.24, 2.45) is 17.6 Å². The summed E-state index contributed by atoms with van der Waals surface area (Å²) >= 11 is 0. The first kappa shape index (κ1) is 12.3. The second kappa shape index (κ2) is 5.03. The van der Waals surface area contributed by atoms with Crippen LogP contribution in [0.2, 0.25) is 0 Å². The minimum Gasteiger partial charge on any atom is -0.389 e. The van der Waals surface area contributed by atoms with Crippen LogP contribution in [-0.2, 0) is 0 Å². The number of aliphatic hydroxyl groups excluding tert-OH is 1. The Morgan fingerprint density at radius 3 is 2.31 bits per heavy atom. The Bertz CT molecular complexity index is 220. The fraction of sp³-hybridized carbons (Fsp3) is 1.00. The van der Waals surface area contributed by atoms with Gasteiger partial charge in [0, 0.05) is 5.92 Å². The molecule has 16 heavy (non-hydrogen) atoms. The van der Waals surface area contributed by atoms with E-state index >= 15 is 0 Å². The SMILES string of the molecule is N[C@](O)(C1CC1)[C@H](O)CCC1CCCCC1. The maximum Gasteiger partial charge on any atom is 0.142 e. The van der Waals surface area contributed by atoms with E-state index in [1.54, 1.807) is 0 Å². The van der Waals surface area contributed by atoms with E-state index < -0.39 is 11.8 Å². The predicted molar refractivity (Wildman–Crippen MR) is 63.7 cm³/mol. The van der Waals surface area contributed by atoms with Gasteiger partial charge in [0.25, 0.3) is 0 Å². The van der Waals surface area contributed by atoms with E-state index in [1.165, 1.54) is 32.1 Å². The zero-order valence-corrected chi connectivity index (χ0v) is 10.1. The van der Waals surface area contributed by atoms with Crippen LogP contribution in [0, 0.1) is 11.8 Å². The number of nitrogens with two attached hydrogens (primary N) is 1. The van der Waals surface area contributed by atoms with Crippen LogP contribution in [0.25, 0.3) is 0 Å². The van der Waals surface area contributed by atoms with Crippen molar-refractivity contribution < 1.29 is 10.2 Å². The normalized spacial score (nSPS) is 28.7. The lowest BCUT2D eigenvalue weighted by atomic mass is 9.84. The molecule has 0 aliphatic heterocycles. The van der Waals surface area contributed by atoms with Crippen molar-refractivity contribution in [3.05, 3.63) is 0 Å². The zero-order chi connectivity index (χ0) is 11.6. The van der Waals surface area contributed by atoms with Gasteiger partial charge < -0.3 is 15.9 Å². The highest BCUT2D eigenvalue weighted by atomic mass is 16.4. The van der Waals surface area contributed by atoms with Crippen molar-refractivity contribution in [3.8, 4) is 0 Å². The summed E-state index contributed by atoms with van der Waals surface area (Å²) in [5, 5.41) is 19.9. The summed E-state index contributed by atoms with van der Waals surface area (Å²) in [6.45, 7) is 0. The maximum atomic E-state index is 9.98. The van der Waals surface area contributed by atoms with E-state index in [1.807, 2.05) is 0 Å². The second-order valence-electron chi connectivity index (χ2n) is 5.76. The van der Waals surface area contributed by atoms with Gasteiger partial charge in [0.05, 0.1) is 6.10 Å². The molecule has 2 aliphatic rings. The maximum absolute atomic E-state index is 9.98. The van der Waals surface area contributed by atoms with Gasteiger partial charge in [0.1, 0.15) is 5.72 Å². The smallest absolute Gasteiger partial charge is 0.142 e. The Morgan fingerprint density at radius 2 is 1.75 bits per heavy atom. The van der Waals surface area contributed by atoms with Gasteiger partial charge in [-0.25, -0.2) is 0 Å². The number of aliphatic hydroxyl groups is 2. The largest absolute Gasteiger partial charge is 0.389 e. The molecule has 0 heterocycles. The molecule has 2 rings (SSSR count). The van der Waals surface area contributed by atoms with Gasteiger partial charge in [-0.1, -0.05) is 32.1 Å². The fourth-order valence-corrected chi connectivity index (χ4v) is 2.92. The molecule has 2 saturated carbocycles. The molecular formula is C13H25NO2. The van der Waals surface area contributed by atoms with Crippen LogP contribution in [0.5, 0.6) is 0 Å². The number of rotatable bonds is 5. The first-order chi connectivity index (χ1) is 7.60. The second-order valence-corrected chi connectivity index (χ2v) is 5.76. The van der Waals surface area contributed by atoms with Crippen molar-refractivity contribution in [3.63, 3.8) is 0 Å². The molecule has 3 nitrogen and oxygen atoms in total. The molecular weight excluding hydrogens is 202 g/mol. The average molecular weight is 227 g/mol. The fourth-order valence-electron chi connectivity index (χ4n) is 2.92. The quantitative estimate of drug-likeness (QED) is 0.627. The topological polar surface area (TPSA) is 66.5 Å². The zero-order valence-electron chi connectivity index (χ0n) is 10.1. The third-order valence-corrected chi connectivity index (χ3v) is 4.34. The molecule has 4 N–H and O–H groups in total. The summed E-state index contributed by atoms with van der Waals surface area (Å²) in [6.07, 6.45) is 9.48. The van der Waals surface area contributed by atoms with Crippen LogP contribution in [0.1, 0.15) is 57.8 Å². The third kappa shape index (κ3) is 2.96. The van der Waals surface area contributed by atoms with Crippen LogP contribution in [0.4, 0.5) is 0 Å². The molecule has 3 heteroatoms. The summed E-state index contributed by atoms with van der Waals surface area (Å²) in [7, 11) is 0. The Labute approximate surface area is 98.0 Å². The van der Waals surface area contributed by atoms with Gasteiger partial charge in [-0.05, 0) is 31.6 Å². The van der Waals surface area contributed by atoms with E-state index in [0.717, 1.165) is 25.2 Å². The molecule has 0 aromatic carbocycles. The van der Waals surface area contributed by atoms with Crippen molar-refractivity contribution in [2.45, 2.75) is 69.6 Å². The monoisotopic (exact) mass is 227 g/mol. The van der Waals surface area contributed by atoms with Crippen LogP contribution < -0.4 is 5.73 Å². The minimum atomic E-state index is -1.32. The van der Waals surface area contributed by atoms with Gasteiger partial charge >= 0.3 is 0 Å². The molecule has 0 spiro atoms. The summed E-state index contributed by atoms with van der Waals surface area (Å²) < 4.78 is 0. The lowest BCUT2D eigenvalue weighted by Crippen LogP contribution is -2.53. The lowest BCUT2D eigenvalue weighted by molar-refractivity contribution is -0.0913. The molecule has 2 aliphatic carbocycles. The first-order valence-corrected chi connectivity index (χ1v) is 6.80. The van der Waals surface area contributed by atoms with Gasteiger partial charge in [0.15, 0.2) is 0 Å². The Balaban J connectivity index is 1.71. The highest BCUT2D eigenvalue weighted by Crippen LogP contribution is 2.40. The molecule has 0 unspecified atom stereocenters. The summed E-state index contributed by atoms with van der Waals surface area (Å²) in [6, 6.07) is 0. The minimum absolute atomic E-state index is 0.133. The average Bonchev–Trinajstić information content (AvgIpc) is 3.11. The van der Waals surface area contributed by atoms with Gasteiger partial charge in [0.2, 0.25) is 0 Å². The van der Waals surface area contributed by atoms with Crippen LogP contribution in [0.15, 0.2) is 0 Å². The Kier molecular flexibility index (Phi) is 3.88. The van der Waals surface area contributed by atoms with E-state index in [-0.39, 0.29) is 5.92 Å². The molecule has 0 aromatic rings. The van der Waals surface area contributed by atoms with Gasteiger partial charge in [-0.3, -0.25) is 0 Å². The highest BCUT2D eigenvalue weighted by molar-refractivity contribution is 4.95. The number of hydrogen-bond donors (Lipinski definition) is 3. The lowest BCUT2D eigenvalue weighted by Gasteiger charge is -2.30. The van der Waals surface area contributed by atoms with E-state index in [4.69, 9.17) is 5.73 Å². The van der Waals surface area contributed by atoms with E-state index in [0.29, 0.717) is 6.42 Å². The molecule has 0 saturated heterocycles. The molecule has 0 aromatic heterocycles. The molecule has 2 fully saturated rings. The number of hydrogen-bond acceptors (Lipinski definition) is 3. The van der Waals surface area contributed by atoms with Crippen LogP contribution in [0.3, 0.4) is 0 Å². The van der Waals surface area contributed by atoms with Gasteiger partial charge in [-0.2, -0.15) is 0 Å². The summed E-state index contributed by atoms with van der Waals surface area (Å²) in [5.74, 6) is 0.882. The van der Waals surface area contributed by atoms with Crippen LogP contribution in [-0.4, -0.2) is 22.0 Å². The first-order valence-electron chi connectivity index (χ1n) is 6.80. The van der Waals surface area contributed by atoms with Crippen molar-refractivity contribution in [1.29, 1.82) is 0 Å². The van der Waals surface area contributed by atoms with Crippen LogP contribution >= 0.6 is 0 Å². The summed E-state index contributed by atoms with van der Waals surface area (Å²) in [5.41, 5.74) is 4.46. The molecule has 0 radical (unpaired) electrons. The van der Waals surface area contributed by atoms with Crippen molar-refractivity contribution >= 4 is 0 Å². The van der Waals surface area contributed by atoms with Crippen molar-refractivity contribution in [2.75, 3.05) is 0 Å². The van der Waals surface area contributed by atoms with E-state index in [2.05, 4.69) is 0 Å². The Hall–Kier alpha value is -0.120. The third-order valence-electron chi connectivity index (χ3n) is 4.34. The van der Waals surface area contributed by atoms with Crippen molar-refractivity contribution in [1.82, 2.24) is 0 Å².